The summed E-state index contributed by atoms with van der Waals surface area (Å²) in [6.45, 7) is 18.9. The third kappa shape index (κ3) is 5.93. The average molecular weight is 610 g/mol. The van der Waals surface area contributed by atoms with Gasteiger partial charge < -0.3 is 20.3 Å². The second-order valence-corrected chi connectivity index (χ2v) is 21.0. The van der Waals surface area contributed by atoms with Crippen LogP contribution in [0, 0.1) is 11.5 Å². The van der Waals surface area contributed by atoms with E-state index in [1.165, 1.54) is 5.56 Å². The molecule has 1 aromatic carbocycles. The van der Waals surface area contributed by atoms with E-state index in [-0.39, 0.29) is 17.6 Å². The van der Waals surface area contributed by atoms with Crippen molar-refractivity contribution in [2.75, 3.05) is 47.9 Å². The van der Waals surface area contributed by atoms with Crippen LogP contribution >= 0.6 is 0 Å². The molecule has 1 unspecified atom stereocenters. The zero-order chi connectivity index (χ0) is 30.2. The average Bonchev–Trinajstić information content (AvgIpc) is 3.09. The van der Waals surface area contributed by atoms with Crippen molar-refractivity contribution < 1.29 is 13.2 Å². The van der Waals surface area contributed by atoms with Crippen molar-refractivity contribution in [1.29, 1.82) is 0 Å². The lowest BCUT2D eigenvalue weighted by atomic mass is 9.88. The quantitative estimate of drug-likeness (QED) is 0.317. The van der Waals surface area contributed by atoms with Crippen LogP contribution in [-0.2, 0) is 9.84 Å². The predicted octanol–water partition coefficient (Wildman–Crippen LogP) is 5.94. The minimum Gasteiger partial charge on any atom is -0.482 e. The van der Waals surface area contributed by atoms with E-state index >= 15 is 0 Å². The van der Waals surface area contributed by atoms with Crippen LogP contribution in [-0.4, -0.2) is 64.1 Å². The molecule has 2 fully saturated rings. The van der Waals surface area contributed by atoms with Crippen LogP contribution in [0.1, 0.15) is 90.0 Å². The van der Waals surface area contributed by atoms with Crippen LogP contribution < -0.4 is 20.3 Å². The van der Waals surface area contributed by atoms with E-state index in [9.17, 15) is 8.42 Å². The molecular weight excluding hydrogens is 563 g/mol. The lowest BCUT2D eigenvalue weighted by Crippen LogP contribution is -2.43. The van der Waals surface area contributed by atoms with Gasteiger partial charge in [0.15, 0.2) is 15.6 Å². The lowest BCUT2D eigenvalue weighted by molar-refractivity contribution is 0.230. The topological polar surface area (TPSA) is 96.4 Å². The van der Waals surface area contributed by atoms with E-state index in [1.807, 2.05) is 11.8 Å². The molecule has 3 aliphatic heterocycles. The van der Waals surface area contributed by atoms with Gasteiger partial charge in [0.25, 0.3) is 0 Å². The van der Waals surface area contributed by atoms with Crippen molar-refractivity contribution in [3.05, 3.63) is 35.2 Å². The molecule has 0 aliphatic carbocycles. The highest BCUT2D eigenvalue weighted by Gasteiger charge is 2.42. The summed E-state index contributed by atoms with van der Waals surface area (Å²) < 4.78 is 31.1. The Hall–Kier alpha value is -2.61. The first-order valence-electron chi connectivity index (χ1n) is 15.6. The van der Waals surface area contributed by atoms with Crippen molar-refractivity contribution in [2.24, 2.45) is 0 Å². The van der Waals surface area contributed by atoms with Crippen LogP contribution in [0.25, 0.3) is 0 Å². The van der Waals surface area contributed by atoms with Gasteiger partial charge in [-0.3, -0.25) is 0 Å². The van der Waals surface area contributed by atoms with Gasteiger partial charge in [-0.1, -0.05) is 47.5 Å². The maximum atomic E-state index is 12.1. The summed E-state index contributed by atoms with van der Waals surface area (Å²) in [5.41, 5.74) is 9.49. The highest BCUT2D eigenvalue weighted by atomic mass is 32.2. The van der Waals surface area contributed by atoms with Crippen LogP contribution in [0.5, 0.6) is 5.75 Å². The number of benzene rings is 1. The van der Waals surface area contributed by atoms with Crippen molar-refractivity contribution in [1.82, 2.24) is 15.3 Å². The molecule has 42 heavy (non-hydrogen) atoms. The van der Waals surface area contributed by atoms with E-state index < -0.39 is 17.9 Å². The highest BCUT2D eigenvalue weighted by molar-refractivity contribution is 7.91. The summed E-state index contributed by atoms with van der Waals surface area (Å²) >= 11 is 0. The Balaban J connectivity index is 1.62. The Morgan fingerprint density at radius 1 is 1.00 bits per heavy atom. The van der Waals surface area contributed by atoms with Crippen LogP contribution in [0.2, 0.25) is 16.6 Å². The fraction of sp³-hybridized carbons (Fsp3) is 0.625. The summed E-state index contributed by atoms with van der Waals surface area (Å²) in [6, 6.07) is 4.50. The van der Waals surface area contributed by atoms with E-state index in [1.54, 1.807) is 6.33 Å². The van der Waals surface area contributed by atoms with E-state index in [4.69, 9.17) is 4.74 Å². The van der Waals surface area contributed by atoms with E-state index in [2.05, 4.69) is 85.7 Å². The zero-order valence-corrected chi connectivity index (χ0v) is 28.1. The Labute approximate surface area is 253 Å². The predicted molar refractivity (Wildman–Crippen MR) is 174 cm³/mol. The molecule has 0 amide bonds. The van der Waals surface area contributed by atoms with Gasteiger partial charge in [-0.05, 0) is 73.1 Å². The summed E-state index contributed by atoms with van der Waals surface area (Å²) in [4.78, 5) is 11.3. The number of piperidine rings is 1. The van der Waals surface area contributed by atoms with Crippen LogP contribution in [0.4, 0.5) is 17.3 Å². The normalized spacial score (nSPS) is 20.7. The zero-order valence-electron chi connectivity index (χ0n) is 26.3. The Morgan fingerprint density at radius 2 is 1.64 bits per heavy atom. The fourth-order valence-corrected chi connectivity index (χ4v) is 13.8. The maximum absolute atomic E-state index is 12.1. The number of anilines is 3. The second-order valence-electron chi connectivity index (χ2n) is 13.1. The first-order valence-corrected chi connectivity index (χ1v) is 19.6. The molecule has 0 bridgehead atoms. The number of hydrogen-bond acceptors (Lipinski definition) is 8. The van der Waals surface area contributed by atoms with E-state index in [0.717, 1.165) is 54.3 Å². The third-order valence-electron chi connectivity index (χ3n) is 9.66. The molecule has 2 aromatic rings. The minimum absolute atomic E-state index is 0.126. The van der Waals surface area contributed by atoms with Gasteiger partial charge in [0.1, 0.15) is 32.1 Å². The number of hydrogen-bond donors (Lipinski definition) is 2. The maximum Gasteiger partial charge on any atom is 0.159 e. The lowest BCUT2D eigenvalue weighted by Gasteiger charge is -2.38. The number of sulfone groups is 1. The molecule has 2 saturated heterocycles. The van der Waals surface area contributed by atoms with Crippen molar-refractivity contribution in [3.8, 4) is 17.2 Å². The summed E-state index contributed by atoms with van der Waals surface area (Å²) in [5, 5.41) is 7.11. The molecular formula is C32H47N5O3SSi. The Bertz CT molecular complexity index is 1440. The third-order valence-corrected chi connectivity index (χ3v) is 17.6. The fourth-order valence-electron chi connectivity index (χ4n) is 7.36. The summed E-state index contributed by atoms with van der Waals surface area (Å²) in [6.07, 6.45) is 3.39. The highest BCUT2D eigenvalue weighted by Crippen LogP contribution is 2.46. The number of aromatic nitrogens is 2. The molecule has 8 nitrogen and oxygen atoms in total. The second kappa shape index (κ2) is 12.2. The number of nitrogens with one attached hydrogen (secondary N) is 2. The first-order chi connectivity index (χ1) is 19.9. The van der Waals surface area contributed by atoms with Gasteiger partial charge in [0.2, 0.25) is 0 Å². The number of fused-ring (bicyclic) bond motifs is 2. The monoisotopic (exact) mass is 609 g/mol. The minimum atomic E-state index is -3.02. The molecule has 4 heterocycles. The van der Waals surface area contributed by atoms with Crippen molar-refractivity contribution in [2.45, 2.75) is 90.0 Å². The van der Waals surface area contributed by atoms with Crippen LogP contribution in [0.3, 0.4) is 0 Å². The molecule has 10 heteroatoms. The molecule has 5 rings (SSSR count). The van der Waals surface area contributed by atoms with Gasteiger partial charge in [-0.25, -0.2) is 18.4 Å². The first kappa shape index (κ1) is 30.8. The molecule has 0 spiro atoms. The van der Waals surface area contributed by atoms with Crippen LogP contribution in [0.15, 0.2) is 18.5 Å². The van der Waals surface area contributed by atoms with Crippen molar-refractivity contribution in [3.63, 3.8) is 0 Å². The van der Waals surface area contributed by atoms with Gasteiger partial charge in [-0.2, -0.15) is 0 Å². The molecule has 1 aromatic heterocycles. The van der Waals surface area contributed by atoms with Crippen molar-refractivity contribution >= 4 is 35.2 Å². The smallest absolute Gasteiger partial charge is 0.159 e. The number of nitrogens with zero attached hydrogens (tertiary/aromatic N) is 3. The molecule has 0 radical (unpaired) electrons. The standard InChI is InChI=1S/C32H47N5O3SSi/c1-21(2)42(22(3)4,23(5)6)17-10-26-18-27(25-8-11-33-12-9-25)19-28-30(26)40-24(7)29-31(36-28)34-20-35-32(29)37-13-15-41(38,39)16-14-37/h18-25,33H,8-9,11-16H2,1-7H3,(H,34,35,36). The molecule has 1 atom stereocenters. The van der Waals surface area contributed by atoms with Gasteiger partial charge in [0.05, 0.1) is 28.3 Å². The summed E-state index contributed by atoms with van der Waals surface area (Å²) in [5.74, 6) is 6.63. The van der Waals surface area contributed by atoms with Gasteiger partial charge in [-0.15, -0.1) is 5.54 Å². The molecule has 2 N–H and O–H groups in total. The Morgan fingerprint density at radius 3 is 2.26 bits per heavy atom. The molecule has 3 aliphatic rings. The number of rotatable bonds is 5. The van der Waals surface area contributed by atoms with Gasteiger partial charge in [0, 0.05) is 13.1 Å². The number of ether oxygens (including phenoxy) is 1. The molecule has 0 saturated carbocycles. The summed E-state index contributed by atoms with van der Waals surface area (Å²) in [7, 11) is -4.99. The van der Waals surface area contributed by atoms with Gasteiger partial charge >= 0.3 is 0 Å². The molecule has 228 valence electrons. The van der Waals surface area contributed by atoms with E-state index in [0.29, 0.717) is 41.4 Å². The SMILES string of the molecule is CC1Oc2c(C#C[Si](C(C)C)(C(C)C)C(C)C)cc(C3CCNCC3)cc2Nc2ncnc(N3CCS(=O)(=O)CC3)c21. The largest absolute Gasteiger partial charge is 0.482 e. The Kier molecular flexibility index (Phi) is 8.94.